The second-order valence-corrected chi connectivity index (χ2v) is 6.70. The first kappa shape index (κ1) is 17.7. The Balaban J connectivity index is 2.19. The molecule has 4 aromatic carbocycles. The van der Waals surface area contributed by atoms with Crippen LogP contribution in [0.3, 0.4) is 0 Å². The van der Waals surface area contributed by atoms with Gasteiger partial charge in [-0.3, -0.25) is 0 Å². The maximum absolute atomic E-state index is 12.2. The van der Waals surface area contributed by atoms with E-state index in [1.54, 1.807) is 12.1 Å². The number of carboxylic acids is 1. The minimum atomic E-state index is -0.928. The van der Waals surface area contributed by atoms with Crippen molar-refractivity contribution in [3.05, 3.63) is 143 Å². The summed E-state index contributed by atoms with van der Waals surface area (Å²) in [4.78, 5) is 12.2. The molecule has 1 N–H and O–H groups in total. The Labute approximate surface area is 164 Å². The van der Waals surface area contributed by atoms with E-state index in [0.29, 0.717) is 5.56 Å². The average Bonchev–Trinajstić information content (AvgIpc) is 2.77. The first-order valence-corrected chi connectivity index (χ1v) is 9.24. The van der Waals surface area contributed by atoms with Crippen molar-refractivity contribution < 1.29 is 9.90 Å². The largest absolute Gasteiger partial charge is 0.478 e. The molecule has 0 saturated carbocycles. The van der Waals surface area contributed by atoms with E-state index in [1.807, 2.05) is 66.7 Å². The monoisotopic (exact) mass is 364 g/mol. The number of benzene rings is 4. The van der Waals surface area contributed by atoms with E-state index in [0.717, 1.165) is 22.3 Å². The highest BCUT2D eigenvalue weighted by molar-refractivity contribution is 5.91. The van der Waals surface area contributed by atoms with Crippen LogP contribution in [0.2, 0.25) is 0 Å². The normalized spacial score (nSPS) is 11.1. The van der Waals surface area contributed by atoms with Crippen molar-refractivity contribution in [2.75, 3.05) is 0 Å². The maximum Gasteiger partial charge on any atom is 0.336 e. The van der Waals surface area contributed by atoms with Gasteiger partial charge in [0.2, 0.25) is 0 Å². The minimum Gasteiger partial charge on any atom is -0.478 e. The predicted octanol–water partition coefficient (Wildman–Crippen LogP) is 5.77. The van der Waals surface area contributed by atoms with Gasteiger partial charge in [-0.05, 0) is 28.3 Å². The molecule has 0 aliphatic carbocycles. The molecule has 2 nitrogen and oxygen atoms in total. The van der Waals surface area contributed by atoms with E-state index in [2.05, 4.69) is 36.4 Å². The molecule has 0 heterocycles. The number of carbonyl (C=O) groups is 1. The third kappa shape index (κ3) is 2.89. The minimum absolute atomic E-state index is 0.305. The van der Waals surface area contributed by atoms with Gasteiger partial charge in [0.1, 0.15) is 0 Å². The first-order chi connectivity index (χ1) is 13.7. The predicted molar refractivity (Wildman–Crippen MR) is 112 cm³/mol. The molecule has 4 rings (SSSR count). The Morgan fingerprint density at radius 2 is 0.893 bits per heavy atom. The lowest BCUT2D eigenvalue weighted by Crippen LogP contribution is -2.32. The van der Waals surface area contributed by atoms with Crippen molar-refractivity contribution in [3.8, 4) is 0 Å². The van der Waals surface area contributed by atoms with Gasteiger partial charge in [-0.2, -0.15) is 0 Å². The fourth-order valence-corrected chi connectivity index (χ4v) is 4.03. The van der Waals surface area contributed by atoms with Crippen LogP contribution in [0.25, 0.3) is 0 Å². The van der Waals surface area contributed by atoms with Crippen LogP contribution < -0.4 is 0 Å². The van der Waals surface area contributed by atoms with Crippen LogP contribution in [0, 0.1) is 0 Å². The number of hydrogen-bond donors (Lipinski definition) is 1. The molecule has 0 amide bonds. The molecule has 136 valence electrons. The van der Waals surface area contributed by atoms with Gasteiger partial charge in [0.05, 0.1) is 11.0 Å². The topological polar surface area (TPSA) is 37.3 Å². The van der Waals surface area contributed by atoms with Crippen molar-refractivity contribution in [1.82, 2.24) is 0 Å². The van der Waals surface area contributed by atoms with Crippen molar-refractivity contribution in [3.63, 3.8) is 0 Å². The molecule has 2 heteroatoms. The lowest BCUT2D eigenvalue weighted by atomic mass is 9.64. The van der Waals surface area contributed by atoms with Crippen LogP contribution in [0.1, 0.15) is 32.6 Å². The van der Waals surface area contributed by atoms with E-state index in [9.17, 15) is 9.90 Å². The van der Waals surface area contributed by atoms with Gasteiger partial charge in [-0.15, -0.1) is 0 Å². The molecule has 0 aromatic heterocycles. The summed E-state index contributed by atoms with van der Waals surface area (Å²) in [5, 5.41) is 9.97. The van der Waals surface area contributed by atoms with Crippen molar-refractivity contribution in [2.45, 2.75) is 5.41 Å². The summed E-state index contributed by atoms with van der Waals surface area (Å²) in [5.41, 5.74) is 3.41. The van der Waals surface area contributed by atoms with Crippen molar-refractivity contribution in [2.24, 2.45) is 0 Å². The van der Waals surface area contributed by atoms with Gasteiger partial charge in [-0.1, -0.05) is 109 Å². The molecule has 0 aliphatic rings. The zero-order valence-electron chi connectivity index (χ0n) is 15.3. The smallest absolute Gasteiger partial charge is 0.336 e. The molecule has 0 radical (unpaired) electrons. The molecule has 4 aromatic rings. The lowest BCUT2D eigenvalue weighted by Gasteiger charge is -2.37. The summed E-state index contributed by atoms with van der Waals surface area (Å²) >= 11 is 0. The van der Waals surface area contributed by atoms with E-state index >= 15 is 0 Å². The van der Waals surface area contributed by atoms with E-state index in [-0.39, 0.29) is 0 Å². The summed E-state index contributed by atoms with van der Waals surface area (Å²) < 4.78 is 0. The molecule has 0 bridgehead atoms. The summed E-state index contributed by atoms with van der Waals surface area (Å²) in [6.45, 7) is 0. The summed E-state index contributed by atoms with van der Waals surface area (Å²) in [6, 6.07) is 37.6. The second-order valence-electron chi connectivity index (χ2n) is 6.70. The van der Waals surface area contributed by atoms with Gasteiger partial charge in [0.15, 0.2) is 0 Å². The van der Waals surface area contributed by atoms with Gasteiger partial charge in [0, 0.05) is 0 Å². The van der Waals surface area contributed by atoms with Crippen molar-refractivity contribution in [1.29, 1.82) is 0 Å². The number of aromatic carboxylic acids is 1. The Hall–Kier alpha value is -3.65. The standard InChI is InChI=1S/C26H20O2/c27-25(28)23-18-10-11-19-24(23)26(20-12-4-1-5-13-20,21-14-6-2-7-15-21)22-16-8-3-9-17-22/h1-19H,(H,27,28). The molecular weight excluding hydrogens is 344 g/mol. The quantitative estimate of drug-likeness (QED) is 0.457. The van der Waals surface area contributed by atoms with Crippen LogP contribution in [0.4, 0.5) is 0 Å². The van der Waals surface area contributed by atoms with Crippen molar-refractivity contribution >= 4 is 5.97 Å². The third-order valence-corrected chi connectivity index (χ3v) is 5.18. The Morgan fingerprint density at radius 1 is 0.536 bits per heavy atom. The highest BCUT2D eigenvalue weighted by atomic mass is 16.4. The van der Waals surface area contributed by atoms with Gasteiger partial charge in [-0.25, -0.2) is 4.79 Å². The number of rotatable bonds is 5. The summed E-state index contributed by atoms with van der Waals surface area (Å²) in [5.74, 6) is -0.928. The maximum atomic E-state index is 12.2. The first-order valence-electron chi connectivity index (χ1n) is 9.24. The Morgan fingerprint density at radius 3 is 1.29 bits per heavy atom. The molecule has 0 atom stereocenters. The SMILES string of the molecule is O=C(O)c1ccccc1C(c1ccccc1)(c1ccccc1)c1ccccc1. The lowest BCUT2D eigenvalue weighted by molar-refractivity contribution is 0.0695. The fraction of sp³-hybridized carbons (Fsp3) is 0.0385. The van der Waals surface area contributed by atoms with Gasteiger partial charge in [0.25, 0.3) is 0 Å². The van der Waals surface area contributed by atoms with E-state index in [1.165, 1.54) is 0 Å². The van der Waals surface area contributed by atoms with Crippen LogP contribution in [-0.4, -0.2) is 11.1 Å². The zero-order chi connectivity index (χ0) is 19.4. The zero-order valence-corrected chi connectivity index (χ0v) is 15.3. The number of hydrogen-bond acceptors (Lipinski definition) is 1. The molecule has 28 heavy (non-hydrogen) atoms. The van der Waals surface area contributed by atoms with Crippen LogP contribution in [-0.2, 0) is 5.41 Å². The van der Waals surface area contributed by atoms with E-state index in [4.69, 9.17) is 0 Å². The molecule has 0 saturated heterocycles. The molecule has 0 fully saturated rings. The van der Waals surface area contributed by atoms with Crippen LogP contribution in [0.5, 0.6) is 0 Å². The average molecular weight is 364 g/mol. The molecule has 0 unspecified atom stereocenters. The van der Waals surface area contributed by atoms with E-state index < -0.39 is 11.4 Å². The fourth-order valence-electron chi connectivity index (χ4n) is 4.03. The highest BCUT2D eigenvalue weighted by Gasteiger charge is 2.40. The second kappa shape index (κ2) is 7.53. The van der Waals surface area contributed by atoms with Crippen LogP contribution >= 0.6 is 0 Å². The summed E-state index contributed by atoms with van der Waals surface area (Å²) in [6.07, 6.45) is 0. The van der Waals surface area contributed by atoms with Crippen LogP contribution in [0.15, 0.2) is 115 Å². The van der Waals surface area contributed by atoms with Gasteiger partial charge >= 0.3 is 5.97 Å². The Kier molecular flexibility index (Phi) is 4.77. The molecular formula is C26H20O2. The Bertz CT molecular complexity index is 974. The highest BCUT2D eigenvalue weighted by Crippen LogP contribution is 2.46. The number of carboxylic acid groups (broad SMARTS) is 1. The summed E-state index contributed by atoms with van der Waals surface area (Å²) in [7, 11) is 0. The molecule has 0 aliphatic heterocycles. The van der Waals surface area contributed by atoms with Gasteiger partial charge < -0.3 is 5.11 Å². The third-order valence-electron chi connectivity index (χ3n) is 5.18. The molecule has 0 spiro atoms.